The molecule has 0 bridgehead atoms. The summed E-state index contributed by atoms with van der Waals surface area (Å²) in [6, 6.07) is 45.4. The van der Waals surface area contributed by atoms with Gasteiger partial charge in [-0.25, -0.2) is 0 Å². The van der Waals surface area contributed by atoms with Gasteiger partial charge >= 0.3 is 0 Å². The Bertz CT molecular complexity index is 2950. The Balaban J connectivity index is 1.12. The Morgan fingerprint density at radius 1 is 0.686 bits per heavy atom. The second kappa shape index (κ2) is 10.3. The average Bonchev–Trinajstić information content (AvgIpc) is 3.90. The Hall–Kier alpha value is -6.38. The summed E-state index contributed by atoms with van der Waals surface area (Å²) in [5.74, 6) is 0. The highest BCUT2D eigenvalue weighted by Crippen LogP contribution is 2.64. The second-order valence-corrected chi connectivity index (χ2v) is 14.1. The molecule has 2 heterocycles. The zero-order chi connectivity index (χ0) is 33.8. The largest absolute Gasteiger partial charge is 0.354 e. The quantitative estimate of drug-likeness (QED) is 0.183. The summed E-state index contributed by atoms with van der Waals surface area (Å²) in [6.45, 7) is 8.23. The first-order valence-corrected chi connectivity index (χ1v) is 17.9. The number of fused-ring (bicyclic) bond motifs is 16. The van der Waals surface area contributed by atoms with Crippen LogP contribution in [0.25, 0.3) is 77.1 Å². The number of allylic oxidation sites excluding steroid dienone is 8. The summed E-state index contributed by atoms with van der Waals surface area (Å²) >= 11 is 0. The molecule has 51 heavy (non-hydrogen) atoms. The van der Waals surface area contributed by atoms with Gasteiger partial charge in [0.05, 0.1) is 22.0 Å². The van der Waals surface area contributed by atoms with E-state index in [0.29, 0.717) is 0 Å². The van der Waals surface area contributed by atoms with Gasteiger partial charge in [0.2, 0.25) is 0 Å². The van der Waals surface area contributed by atoms with E-state index in [1.165, 1.54) is 82.7 Å². The van der Waals surface area contributed by atoms with E-state index in [0.717, 1.165) is 35.1 Å². The lowest BCUT2D eigenvalue weighted by Gasteiger charge is -2.32. The van der Waals surface area contributed by atoms with E-state index >= 15 is 0 Å². The molecule has 1 atom stereocenters. The molecule has 2 heteroatoms. The van der Waals surface area contributed by atoms with Crippen molar-refractivity contribution >= 4 is 54.9 Å². The summed E-state index contributed by atoms with van der Waals surface area (Å²) in [4.78, 5) is 3.93. The van der Waals surface area contributed by atoms with Crippen LogP contribution in [0.5, 0.6) is 0 Å². The number of benzene rings is 6. The van der Waals surface area contributed by atoms with Gasteiger partial charge in [0.25, 0.3) is 0 Å². The van der Waals surface area contributed by atoms with Crippen molar-refractivity contribution in [3.05, 3.63) is 193 Å². The predicted octanol–water partition coefficient (Wildman–Crippen LogP) is 12.7. The minimum absolute atomic E-state index is 0.299. The number of aromatic amines is 1. The van der Waals surface area contributed by atoms with Crippen LogP contribution in [-0.4, -0.2) is 9.55 Å². The zero-order valence-corrected chi connectivity index (χ0v) is 28.2. The molecule has 2 nitrogen and oxygen atoms in total. The Morgan fingerprint density at radius 3 is 2.27 bits per heavy atom. The molecule has 1 unspecified atom stereocenters. The minimum atomic E-state index is -0.299. The van der Waals surface area contributed by atoms with Crippen molar-refractivity contribution in [2.45, 2.75) is 18.3 Å². The highest BCUT2D eigenvalue weighted by atomic mass is 15.0. The van der Waals surface area contributed by atoms with Gasteiger partial charge in [0.15, 0.2) is 0 Å². The summed E-state index contributed by atoms with van der Waals surface area (Å²) < 4.78 is 2.24. The third kappa shape index (κ3) is 3.61. The van der Waals surface area contributed by atoms with Crippen LogP contribution in [0.2, 0.25) is 0 Å². The Kier molecular flexibility index (Phi) is 5.76. The number of para-hydroxylation sites is 1. The topological polar surface area (TPSA) is 20.7 Å². The van der Waals surface area contributed by atoms with E-state index in [1.54, 1.807) is 6.08 Å². The van der Waals surface area contributed by atoms with E-state index in [4.69, 9.17) is 0 Å². The zero-order valence-electron chi connectivity index (χ0n) is 28.2. The third-order valence-electron chi connectivity index (χ3n) is 11.7. The lowest BCUT2D eigenvalue weighted by atomic mass is 9.69. The predicted molar refractivity (Wildman–Crippen MR) is 216 cm³/mol. The van der Waals surface area contributed by atoms with Gasteiger partial charge in [-0.05, 0) is 99.3 Å². The highest BCUT2D eigenvalue weighted by molar-refractivity contribution is 6.16. The SMILES string of the molecule is C=C/C=C\C(=C)n1c2ccccc2c2cc(-c3ccc4[nH]c5c6c(ccc5c4c3)C3(C4=C(CCC=C4)c4ccccc43)c3ccccc3-6)ccc21. The Labute approximate surface area is 296 Å². The summed E-state index contributed by atoms with van der Waals surface area (Å²) in [7, 11) is 0. The second-order valence-electron chi connectivity index (χ2n) is 14.1. The van der Waals surface area contributed by atoms with E-state index in [9.17, 15) is 0 Å². The van der Waals surface area contributed by atoms with Crippen molar-refractivity contribution < 1.29 is 0 Å². The number of nitrogens with one attached hydrogen (secondary N) is 1. The standard InChI is InChI=1S/C49H34N2/c1-3-4-13-30(2)51-45-21-12-8-16-35(45)39-29-32(23-27-46(39)51)31-22-26-44-38(28-31)36-24-25-43-47(48(36)50-44)37-17-7-11-20-42(37)49(43)40-18-9-5-14-33(40)34-15-6-10-19-41(34)49/h3-5,7-14,16-29,50H,1-2,6,15H2/b13-4-. The number of hydrogen-bond acceptors (Lipinski definition) is 0. The van der Waals surface area contributed by atoms with Gasteiger partial charge < -0.3 is 9.55 Å². The average molecular weight is 651 g/mol. The van der Waals surface area contributed by atoms with Crippen molar-refractivity contribution in [1.82, 2.24) is 9.55 Å². The van der Waals surface area contributed by atoms with E-state index in [-0.39, 0.29) is 5.41 Å². The maximum Gasteiger partial charge on any atom is 0.0722 e. The van der Waals surface area contributed by atoms with Gasteiger partial charge in [-0.3, -0.25) is 0 Å². The van der Waals surface area contributed by atoms with Gasteiger partial charge in [-0.15, -0.1) is 0 Å². The molecule has 0 radical (unpaired) electrons. The molecule has 8 aromatic rings. The highest BCUT2D eigenvalue weighted by Gasteiger charge is 2.52. The molecule has 6 aromatic carbocycles. The molecule has 2 aromatic heterocycles. The maximum absolute atomic E-state index is 4.38. The molecule has 0 fully saturated rings. The maximum atomic E-state index is 4.38. The van der Waals surface area contributed by atoms with Gasteiger partial charge in [-0.1, -0.05) is 128 Å². The van der Waals surface area contributed by atoms with Crippen LogP contribution in [0.1, 0.15) is 35.1 Å². The van der Waals surface area contributed by atoms with Crippen LogP contribution in [0, 0.1) is 0 Å². The fourth-order valence-electron chi connectivity index (χ4n) is 9.72. The van der Waals surface area contributed by atoms with Crippen LogP contribution in [-0.2, 0) is 5.41 Å². The van der Waals surface area contributed by atoms with Crippen LogP contribution in [0.15, 0.2) is 170 Å². The van der Waals surface area contributed by atoms with Crippen LogP contribution >= 0.6 is 0 Å². The Morgan fingerprint density at radius 2 is 1.41 bits per heavy atom. The van der Waals surface area contributed by atoms with Gasteiger partial charge in [0.1, 0.15) is 0 Å². The smallest absolute Gasteiger partial charge is 0.0722 e. The first kappa shape index (κ1) is 28.5. The summed E-state index contributed by atoms with van der Waals surface area (Å²) in [6.07, 6.45) is 12.7. The lowest BCUT2D eigenvalue weighted by molar-refractivity contribution is 0.781. The van der Waals surface area contributed by atoms with Crippen molar-refractivity contribution in [1.29, 1.82) is 0 Å². The normalized spacial score (nSPS) is 17.3. The number of H-pyrrole nitrogens is 1. The number of rotatable bonds is 4. The van der Waals surface area contributed by atoms with E-state index < -0.39 is 0 Å². The molecule has 0 aliphatic heterocycles. The van der Waals surface area contributed by atoms with Gasteiger partial charge in [-0.2, -0.15) is 0 Å². The third-order valence-corrected chi connectivity index (χ3v) is 11.7. The number of hydrogen-bond donors (Lipinski definition) is 1. The molecule has 3 aliphatic carbocycles. The van der Waals surface area contributed by atoms with Crippen molar-refractivity contribution in [3.63, 3.8) is 0 Å². The molecule has 1 N–H and O–H groups in total. The fourth-order valence-corrected chi connectivity index (χ4v) is 9.72. The molecular formula is C49H34N2. The monoisotopic (exact) mass is 650 g/mol. The van der Waals surface area contributed by atoms with Crippen LogP contribution in [0.3, 0.4) is 0 Å². The van der Waals surface area contributed by atoms with Crippen molar-refractivity contribution in [3.8, 4) is 22.3 Å². The molecule has 11 rings (SSSR count). The van der Waals surface area contributed by atoms with Crippen molar-refractivity contribution in [2.24, 2.45) is 0 Å². The van der Waals surface area contributed by atoms with Crippen molar-refractivity contribution in [2.75, 3.05) is 0 Å². The van der Waals surface area contributed by atoms with Gasteiger partial charge in [0, 0.05) is 38.3 Å². The first-order chi connectivity index (χ1) is 25.2. The van der Waals surface area contributed by atoms with E-state index in [1.807, 2.05) is 12.2 Å². The number of aromatic nitrogens is 2. The van der Waals surface area contributed by atoms with Crippen LogP contribution < -0.4 is 0 Å². The minimum Gasteiger partial charge on any atom is -0.354 e. The number of nitrogens with zero attached hydrogens (tertiary/aromatic N) is 1. The molecule has 0 saturated carbocycles. The summed E-state index contributed by atoms with van der Waals surface area (Å²) in [5.41, 5.74) is 19.0. The molecular weight excluding hydrogens is 617 g/mol. The molecule has 240 valence electrons. The fraction of sp³-hybridized carbons (Fsp3) is 0.0612. The molecule has 3 aliphatic rings. The molecule has 1 spiro atoms. The van der Waals surface area contributed by atoms with Crippen LogP contribution in [0.4, 0.5) is 0 Å². The lowest BCUT2D eigenvalue weighted by Crippen LogP contribution is -2.27. The first-order valence-electron chi connectivity index (χ1n) is 17.9. The molecule has 0 saturated heterocycles. The molecule has 0 amide bonds. The summed E-state index contributed by atoms with van der Waals surface area (Å²) in [5, 5.41) is 4.95. The van der Waals surface area contributed by atoms with E-state index in [2.05, 4.69) is 156 Å².